The first kappa shape index (κ1) is 22.1. The average Bonchev–Trinajstić information content (AvgIpc) is 3.15. The predicted octanol–water partition coefficient (Wildman–Crippen LogP) is 1.95. The highest BCUT2D eigenvalue weighted by Crippen LogP contribution is 2.31. The number of likely N-dealkylation sites (N-methyl/N-ethyl adjacent to an activating group) is 2. The lowest BCUT2D eigenvalue weighted by Crippen LogP contribution is -2.48. The topological polar surface area (TPSA) is 65.1 Å². The summed E-state index contributed by atoms with van der Waals surface area (Å²) in [5.74, 6) is 0.636. The first-order valence-corrected chi connectivity index (χ1v) is 12.3. The number of methoxy groups -OCH3 is 1. The first-order chi connectivity index (χ1) is 14.9. The Morgan fingerprint density at radius 1 is 1.00 bits per heavy atom. The third kappa shape index (κ3) is 4.87. The largest absolute Gasteiger partial charge is 0.497 e. The number of rotatable bonds is 7. The summed E-state index contributed by atoms with van der Waals surface area (Å²) >= 11 is 0. The number of hydrogen-bond acceptors (Lipinski definition) is 6. The molecule has 8 heteroatoms. The lowest BCUT2D eigenvalue weighted by atomic mass is 10.0. The van der Waals surface area contributed by atoms with Gasteiger partial charge in [-0.3, -0.25) is 4.90 Å². The molecule has 0 radical (unpaired) electrons. The van der Waals surface area contributed by atoms with Crippen molar-refractivity contribution in [3.05, 3.63) is 53.6 Å². The maximum Gasteiger partial charge on any atom is 0.240 e. The SMILES string of the molecule is COc1ccc(S(=O)(=O)NC[C@@H](c2ccc3c(c2)CCN3C)N2CCN(C)CC2)cc1. The smallest absolute Gasteiger partial charge is 0.240 e. The van der Waals surface area contributed by atoms with Gasteiger partial charge in [-0.2, -0.15) is 0 Å². The van der Waals surface area contributed by atoms with Crippen LogP contribution in [0.2, 0.25) is 0 Å². The van der Waals surface area contributed by atoms with Crippen LogP contribution in [0.5, 0.6) is 5.75 Å². The van der Waals surface area contributed by atoms with Gasteiger partial charge in [0, 0.05) is 58.0 Å². The predicted molar refractivity (Wildman–Crippen MR) is 123 cm³/mol. The van der Waals surface area contributed by atoms with Crippen LogP contribution in [0.4, 0.5) is 5.69 Å². The molecule has 0 aromatic heterocycles. The molecule has 31 heavy (non-hydrogen) atoms. The van der Waals surface area contributed by atoms with Gasteiger partial charge in [0.25, 0.3) is 0 Å². The molecule has 0 bridgehead atoms. The zero-order valence-electron chi connectivity index (χ0n) is 18.5. The minimum Gasteiger partial charge on any atom is -0.497 e. The van der Waals surface area contributed by atoms with Crippen molar-refractivity contribution in [2.45, 2.75) is 17.4 Å². The van der Waals surface area contributed by atoms with Gasteiger partial charge in [0.15, 0.2) is 0 Å². The molecule has 0 saturated carbocycles. The Labute approximate surface area is 185 Å². The van der Waals surface area contributed by atoms with E-state index in [0.717, 1.165) is 39.1 Å². The molecule has 2 heterocycles. The maximum absolute atomic E-state index is 12.9. The van der Waals surface area contributed by atoms with Crippen LogP contribution in [-0.2, 0) is 16.4 Å². The van der Waals surface area contributed by atoms with Crippen LogP contribution in [0.1, 0.15) is 17.2 Å². The fourth-order valence-electron chi connectivity index (χ4n) is 4.41. The van der Waals surface area contributed by atoms with Gasteiger partial charge in [0.1, 0.15) is 5.75 Å². The Morgan fingerprint density at radius 3 is 2.39 bits per heavy atom. The molecule has 0 unspecified atom stereocenters. The first-order valence-electron chi connectivity index (χ1n) is 10.8. The molecule has 2 aliphatic rings. The Morgan fingerprint density at radius 2 is 1.71 bits per heavy atom. The lowest BCUT2D eigenvalue weighted by molar-refractivity contribution is 0.113. The zero-order chi connectivity index (χ0) is 22.0. The van der Waals surface area contributed by atoms with Crippen LogP contribution in [0, 0.1) is 0 Å². The van der Waals surface area contributed by atoms with Crippen LogP contribution in [0.15, 0.2) is 47.4 Å². The van der Waals surface area contributed by atoms with E-state index >= 15 is 0 Å². The third-order valence-corrected chi connectivity index (χ3v) is 7.87. The zero-order valence-corrected chi connectivity index (χ0v) is 19.4. The minimum atomic E-state index is -3.61. The quantitative estimate of drug-likeness (QED) is 0.704. The van der Waals surface area contributed by atoms with Crippen molar-refractivity contribution < 1.29 is 13.2 Å². The number of anilines is 1. The Kier molecular flexibility index (Phi) is 6.52. The van der Waals surface area contributed by atoms with Gasteiger partial charge in [0.05, 0.1) is 12.0 Å². The molecule has 0 aliphatic carbocycles. The summed E-state index contributed by atoms with van der Waals surface area (Å²) in [5.41, 5.74) is 3.80. The third-order valence-electron chi connectivity index (χ3n) is 6.43. The van der Waals surface area contributed by atoms with E-state index in [0.29, 0.717) is 12.3 Å². The van der Waals surface area contributed by atoms with Crippen LogP contribution in [-0.4, -0.2) is 78.7 Å². The lowest BCUT2D eigenvalue weighted by Gasteiger charge is -2.38. The summed E-state index contributed by atoms with van der Waals surface area (Å²) in [6.07, 6.45) is 1.03. The monoisotopic (exact) mass is 444 g/mol. The van der Waals surface area contributed by atoms with Crippen molar-refractivity contribution in [3.8, 4) is 5.75 Å². The van der Waals surface area contributed by atoms with Gasteiger partial charge in [-0.1, -0.05) is 12.1 Å². The van der Waals surface area contributed by atoms with Gasteiger partial charge < -0.3 is 14.5 Å². The molecule has 1 saturated heterocycles. The van der Waals surface area contributed by atoms with Crippen molar-refractivity contribution in [2.24, 2.45) is 0 Å². The van der Waals surface area contributed by atoms with E-state index < -0.39 is 10.0 Å². The molecule has 168 valence electrons. The normalized spacial score (nSPS) is 18.7. The van der Waals surface area contributed by atoms with Gasteiger partial charge in [-0.05, 0) is 54.9 Å². The summed E-state index contributed by atoms with van der Waals surface area (Å²) in [6, 6.07) is 13.1. The summed E-state index contributed by atoms with van der Waals surface area (Å²) in [7, 11) is 2.20. The highest BCUT2D eigenvalue weighted by atomic mass is 32.2. The minimum absolute atomic E-state index is 0.00192. The summed E-state index contributed by atoms with van der Waals surface area (Å²) in [5, 5.41) is 0. The number of ether oxygens (including phenoxy) is 1. The van der Waals surface area contributed by atoms with Crippen LogP contribution >= 0.6 is 0 Å². The van der Waals surface area contributed by atoms with Crippen molar-refractivity contribution in [2.75, 3.05) is 65.4 Å². The number of benzene rings is 2. The number of nitrogens with zero attached hydrogens (tertiary/aromatic N) is 3. The molecular weight excluding hydrogens is 412 g/mol. The van der Waals surface area contributed by atoms with E-state index in [1.807, 2.05) is 0 Å². The van der Waals surface area contributed by atoms with Crippen molar-refractivity contribution >= 4 is 15.7 Å². The molecule has 1 atom stereocenters. The van der Waals surface area contributed by atoms with Gasteiger partial charge in [-0.25, -0.2) is 13.1 Å². The molecule has 7 nitrogen and oxygen atoms in total. The molecule has 0 spiro atoms. The average molecular weight is 445 g/mol. The van der Waals surface area contributed by atoms with Crippen LogP contribution in [0.3, 0.4) is 0 Å². The highest BCUT2D eigenvalue weighted by molar-refractivity contribution is 7.89. The summed E-state index contributed by atoms with van der Waals surface area (Å²) in [4.78, 5) is 7.24. The number of hydrogen-bond donors (Lipinski definition) is 1. The molecule has 1 fully saturated rings. The van der Waals surface area contributed by atoms with Crippen molar-refractivity contribution in [1.82, 2.24) is 14.5 Å². The second kappa shape index (κ2) is 9.16. The van der Waals surface area contributed by atoms with Crippen LogP contribution < -0.4 is 14.4 Å². The molecule has 1 N–H and O–H groups in total. The Bertz CT molecular complexity index is 1000. The van der Waals surface area contributed by atoms with E-state index in [9.17, 15) is 8.42 Å². The molecule has 2 aromatic carbocycles. The second-order valence-corrected chi connectivity index (χ2v) is 10.2. The molecule has 2 aromatic rings. The van der Waals surface area contributed by atoms with E-state index in [2.05, 4.69) is 51.7 Å². The van der Waals surface area contributed by atoms with Gasteiger partial charge in [0.2, 0.25) is 10.0 Å². The standard InChI is InChI=1S/C23H32N4O3S/c1-25-12-14-27(15-13-25)23(18-4-9-22-19(16-18)10-11-26(22)2)17-24-31(28,29)21-7-5-20(30-3)6-8-21/h4-9,16,23-24H,10-15,17H2,1-3H3/t23-/m0/s1. The summed E-state index contributed by atoms with van der Waals surface area (Å²) in [6.45, 7) is 5.17. The molecular formula is C23H32N4O3S. The van der Waals surface area contributed by atoms with Gasteiger partial charge in [-0.15, -0.1) is 0 Å². The Hall–Kier alpha value is -2.13. The van der Waals surface area contributed by atoms with E-state index in [4.69, 9.17) is 4.74 Å². The van der Waals surface area contributed by atoms with E-state index in [1.165, 1.54) is 16.8 Å². The number of fused-ring (bicyclic) bond motifs is 1. The molecule has 4 rings (SSSR count). The number of nitrogens with one attached hydrogen (secondary N) is 1. The Balaban J connectivity index is 1.56. The highest BCUT2D eigenvalue weighted by Gasteiger charge is 2.27. The fourth-order valence-corrected chi connectivity index (χ4v) is 5.45. The van der Waals surface area contributed by atoms with Crippen LogP contribution in [0.25, 0.3) is 0 Å². The summed E-state index contributed by atoms with van der Waals surface area (Å²) < 4.78 is 33.9. The van der Waals surface area contributed by atoms with Crippen molar-refractivity contribution in [3.63, 3.8) is 0 Å². The maximum atomic E-state index is 12.9. The van der Waals surface area contributed by atoms with Crippen molar-refractivity contribution in [1.29, 1.82) is 0 Å². The molecule has 2 aliphatic heterocycles. The molecule has 0 amide bonds. The second-order valence-electron chi connectivity index (χ2n) is 8.44. The fraction of sp³-hybridized carbons (Fsp3) is 0.478. The van der Waals surface area contributed by atoms with E-state index in [1.54, 1.807) is 31.4 Å². The number of sulfonamides is 1. The number of piperazine rings is 1. The van der Waals surface area contributed by atoms with E-state index in [-0.39, 0.29) is 10.9 Å². The van der Waals surface area contributed by atoms with Gasteiger partial charge >= 0.3 is 0 Å².